The van der Waals surface area contributed by atoms with Gasteiger partial charge in [-0.05, 0) is 80.8 Å². The molecule has 2 fully saturated rings. The second-order valence-electron chi connectivity index (χ2n) is 19.7. The fraction of sp³-hybridized carbons (Fsp3) is 0.596. The van der Waals surface area contributed by atoms with Gasteiger partial charge in [0.2, 0.25) is 11.8 Å². The molecule has 3 heterocycles. The highest BCUT2D eigenvalue weighted by atomic mass is 35.5. The number of epoxide rings is 1. The zero-order valence-corrected chi connectivity index (χ0v) is 46.5. The Balaban J connectivity index is 1.26. The smallest absolute Gasteiger partial charge is 0.409 e. The Morgan fingerprint density at radius 3 is 2.39 bits per heavy atom. The van der Waals surface area contributed by atoms with E-state index in [9.17, 15) is 29.1 Å². The number of thioether (sulfide) groups is 1. The third-order valence-electron chi connectivity index (χ3n) is 13.8. The number of methoxy groups -OCH3 is 2. The van der Waals surface area contributed by atoms with E-state index in [4.69, 9.17) is 48.9 Å². The number of nitrogens with zero attached hydrogens (tertiary/aromatic N) is 2. The summed E-state index contributed by atoms with van der Waals surface area (Å²) in [5, 5.41) is 14.0. The molecule has 0 spiro atoms. The Morgan fingerprint density at radius 2 is 1.76 bits per heavy atom. The van der Waals surface area contributed by atoms with Gasteiger partial charge in [-0.3, -0.25) is 14.9 Å². The van der Waals surface area contributed by atoms with Crippen LogP contribution in [0, 0.1) is 5.92 Å². The van der Waals surface area contributed by atoms with E-state index >= 15 is 0 Å². The molecule has 2 N–H and O–H groups in total. The van der Waals surface area contributed by atoms with Gasteiger partial charge in [-0.2, -0.15) is 0 Å². The van der Waals surface area contributed by atoms with E-state index in [1.165, 1.54) is 38.0 Å². The topological polar surface area (TPSA) is 201 Å². The molecule has 2 aromatic rings. The number of amides is 3. The lowest BCUT2D eigenvalue weighted by atomic mass is 9.83. The highest BCUT2D eigenvalue weighted by Gasteiger charge is 2.64. The number of benzene rings is 2. The Morgan fingerprint density at radius 1 is 1.08 bits per heavy atom. The molecule has 3 aliphatic rings. The van der Waals surface area contributed by atoms with Crippen molar-refractivity contribution in [1.29, 1.82) is 0 Å². The number of hydrogen-bond acceptors (Lipinski definition) is 15. The first-order chi connectivity index (χ1) is 33.9. The van der Waals surface area contributed by atoms with Crippen LogP contribution in [0.4, 0.5) is 15.3 Å². The maximum Gasteiger partial charge on any atom is 0.409 e. The molecular weight excluding hydrogens is 986 g/mol. The Hall–Kier alpha value is -4.63. The number of halogens is 1. The molecule has 0 aliphatic carbocycles. The molecule has 17 nitrogen and oxygen atoms in total. The Labute approximate surface area is 434 Å². The first-order valence-corrected chi connectivity index (χ1v) is 27.8. The fourth-order valence-electron chi connectivity index (χ4n) is 9.16. The number of esters is 1. The number of alkyl carbamates (subject to hydrolysis) is 1. The lowest BCUT2D eigenvalue weighted by Crippen LogP contribution is -2.63. The maximum absolute atomic E-state index is 14.3. The maximum atomic E-state index is 14.3. The number of carbonyl (C=O) groups excluding carboxylic acids is 5. The molecule has 8 atom stereocenters. The number of likely N-dealkylation sites (N-methyl/N-ethyl adjacent to an activating group) is 1. The lowest BCUT2D eigenvalue weighted by Gasteiger charge is -2.42. The summed E-state index contributed by atoms with van der Waals surface area (Å²) >= 11 is 7.66. The summed E-state index contributed by atoms with van der Waals surface area (Å²) in [5.74, 6) is -1.18. The second kappa shape index (κ2) is 25.1. The predicted octanol–water partition coefficient (Wildman–Crippen LogP) is 9.04. The third-order valence-corrected chi connectivity index (χ3v) is 19.3. The molecule has 3 aliphatic heterocycles. The zero-order chi connectivity index (χ0) is 53.3. The molecule has 0 radical (unpaired) electrons. The van der Waals surface area contributed by atoms with Crippen molar-refractivity contribution in [3.8, 4) is 11.5 Å². The largest absolute Gasteiger partial charge is 0.520 e. The summed E-state index contributed by atoms with van der Waals surface area (Å²) < 4.78 is 47.9. The number of carbonyl (C=O) groups is 5. The van der Waals surface area contributed by atoms with E-state index in [1.54, 1.807) is 45.2 Å². The van der Waals surface area contributed by atoms with Crippen LogP contribution < -0.4 is 19.4 Å². The SMILES string of the molecule is CCCO[Si](Oc1ccc(COC(=O)SCCC(=O)N(C)[C@@H](C)C(=O)O[C@H]2CC(=O)N(C)c3cc(cc(OC)c3Cl)C/C(C)=C/C=C/[C@@H](OC)[C@@]3(O)C[C@H](OC(=O)N3)C(C)[C@@H]3O[C@@]23C)cc1)(C(C)C)C(C)C. The van der Waals surface area contributed by atoms with Crippen LogP contribution in [0.15, 0.2) is 60.2 Å². The van der Waals surface area contributed by atoms with Gasteiger partial charge in [0, 0.05) is 63.4 Å². The number of hydrogen-bond donors (Lipinski definition) is 2. The van der Waals surface area contributed by atoms with Crippen molar-refractivity contribution in [3.63, 3.8) is 0 Å². The van der Waals surface area contributed by atoms with E-state index in [0.717, 1.165) is 34.9 Å². The average molecular weight is 1060 g/mol. The van der Waals surface area contributed by atoms with E-state index < -0.39 is 85.4 Å². The van der Waals surface area contributed by atoms with E-state index in [2.05, 4.69) is 39.9 Å². The van der Waals surface area contributed by atoms with Crippen molar-refractivity contribution in [2.75, 3.05) is 45.6 Å². The van der Waals surface area contributed by atoms with Crippen LogP contribution in [0.3, 0.4) is 0 Å². The van der Waals surface area contributed by atoms with Crippen molar-refractivity contribution < 1.29 is 66.4 Å². The molecule has 5 rings (SSSR count). The van der Waals surface area contributed by atoms with Gasteiger partial charge in [0.15, 0.2) is 5.72 Å². The molecular formula is C52H74ClN3O14SSi. The molecule has 1 unspecified atom stereocenters. The van der Waals surface area contributed by atoms with Crippen LogP contribution in [-0.2, 0) is 55.5 Å². The quantitative estimate of drug-likeness (QED) is 0.0657. The lowest BCUT2D eigenvalue weighted by molar-refractivity contribution is -0.162. The number of nitrogens with one attached hydrogen (secondary N) is 1. The van der Waals surface area contributed by atoms with E-state index in [0.29, 0.717) is 30.2 Å². The van der Waals surface area contributed by atoms with Crippen LogP contribution >= 0.6 is 23.4 Å². The summed E-state index contributed by atoms with van der Waals surface area (Å²) in [6, 6.07) is 9.83. The van der Waals surface area contributed by atoms with Crippen molar-refractivity contribution in [2.45, 2.75) is 154 Å². The zero-order valence-electron chi connectivity index (χ0n) is 43.9. The summed E-state index contributed by atoms with van der Waals surface area (Å²) in [5.41, 5.74) is 0.109. The van der Waals surface area contributed by atoms with Crippen molar-refractivity contribution in [2.24, 2.45) is 5.92 Å². The van der Waals surface area contributed by atoms with Gasteiger partial charge in [0.05, 0.1) is 25.3 Å². The highest BCUT2D eigenvalue weighted by Crippen LogP contribution is 2.49. The van der Waals surface area contributed by atoms with Gasteiger partial charge < -0.3 is 52.2 Å². The molecule has 4 bridgehead atoms. The summed E-state index contributed by atoms with van der Waals surface area (Å²) in [7, 11) is 3.34. The van der Waals surface area contributed by atoms with Crippen LogP contribution in [-0.4, -0.2) is 130 Å². The minimum Gasteiger partial charge on any atom is -0.520 e. The van der Waals surface area contributed by atoms with Gasteiger partial charge in [-0.25, -0.2) is 14.4 Å². The summed E-state index contributed by atoms with van der Waals surface area (Å²) in [6.07, 6.45) is 1.33. The van der Waals surface area contributed by atoms with Gasteiger partial charge in [0.1, 0.15) is 53.1 Å². The first-order valence-electron chi connectivity index (χ1n) is 24.5. The first kappa shape index (κ1) is 58.3. The number of aliphatic hydroxyl groups is 1. The van der Waals surface area contributed by atoms with E-state index in [1.807, 2.05) is 37.3 Å². The standard InChI is InChI=1S/C52H74ClN3O14SSi/c1-14-23-66-72(31(2)3,32(4)5)70-38-20-18-36(19-21-38)30-65-50(61)71-24-22-44(57)55(10)35(8)48(59)68-43-28-45(58)56(11)39-26-37(27-40(63-12)46(39)53)25-33(6)16-15-17-42(64-13)52(62)29-41(67-49(60)54-52)34(7)47-51(43,9)69-47/h15-21,26-27,31-32,34-35,41-43,47,62H,14,22-25,28-30H2,1-13H3,(H,54,60)/b17-15+,33-16+/t34?,35-,41-,42+,43-,47-,51-,52-/m0/s1. The monoisotopic (exact) mass is 1060 g/mol. The fourth-order valence-corrected chi connectivity index (χ4v) is 13.6. The van der Waals surface area contributed by atoms with Crippen molar-refractivity contribution >= 4 is 66.8 Å². The summed E-state index contributed by atoms with van der Waals surface area (Å²) in [4.78, 5) is 70.2. The Bertz CT molecular complexity index is 2310. The molecule has 3 amide bonds. The van der Waals surface area contributed by atoms with E-state index in [-0.39, 0.29) is 47.7 Å². The van der Waals surface area contributed by atoms with Gasteiger partial charge in [-0.15, -0.1) is 0 Å². The normalized spacial score (nSPS) is 26.3. The molecule has 72 heavy (non-hydrogen) atoms. The number of rotatable bonds is 17. The number of ether oxygens (including phenoxy) is 6. The predicted molar refractivity (Wildman–Crippen MR) is 277 cm³/mol. The van der Waals surface area contributed by atoms with Crippen LogP contribution in [0.1, 0.15) is 99.1 Å². The number of allylic oxidation sites excluding steroid dienone is 3. The summed E-state index contributed by atoms with van der Waals surface area (Å²) in [6.45, 7) is 18.1. The van der Waals surface area contributed by atoms with Crippen LogP contribution in [0.2, 0.25) is 16.1 Å². The average Bonchev–Trinajstić information content (AvgIpc) is 4.04. The van der Waals surface area contributed by atoms with Crippen molar-refractivity contribution in [3.05, 3.63) is 76.3 Å². The molecule has 398 valence electrons. The van der Waals surface area contributed by atoms with Gasteiger partial charge in [0.25, 0.3) is 0 Å². The molecule has 2 aromatic carbocycles. The molecule has 20 heteroatoms. The second-order valence-corrected chi connectivity index (χ2v) is 25.3. The van der Waals surface area contributed by atoms with Crippen LogP contribution in [0.25, 0.3) is 0 Å². The minimum absolute atomic E-state index is 0.0237. The number of anilines is 1. The highest BCUT2D eigenvalue weighted by molar-refractivity contribution is 8.13. The number of fused-ring (bicyclic) bond motifs is 5. The molecule has 2 saturated heterocycles. The molecule has 0 aromatic heterocycles. The minimum atomic E-state index is -2.57. The third kappa shape index (κ3) is 13.9. The van der Waals surface area contributed by atoms with Gasteiger partial charge in [-0.1, -0.05) is 89.1 Å². The van der Waals surface area contributed by atoms with Crippen molar-refractivity contribution in [1.82, 2.24) is 10.2 Å². The van der Waals surface area contributed by atoms with Crippen LogP contribution in [0.5, 0.6) is 11.5 Å². The Kier molecular flexibility index (Phi) is 20.3. The van der Waals surface area contributed by atoms with Gasteiger partial charge >= 0.3 is 25.9 Å². The molecule has 0 saturated carbocycles.